The Morgan fingerprint density at radius 1 is 0.375 bits per heavy atom. The summed E-state index contributed by atoms with van der Waals surface area (Å²) in [6.07, 6.45) is 0. The van der Waals surface area contributed by atoms with Gasteiger partial charge in [-0.05, 0) is 103 Å². The summed E-state index contributed by atoms with van der Waals surface area (Å²) < 4.78 is 2.41. The number of nitrogens with zero attached hydrogens (tertiary/aromatic N) is 5. The lowest BCUT2D eigenvalue weighted by molar-refractivity contribution is 0.665. The molecule has 9 aromatic carbocycles. The lowest BCUT2D eigenvalue weighted by atomic mass is 9.80. The Hall–Kier alpha value is -8.28. The summed E-state index contributed by atoms with van der Waals surface area (Å²) in [7, 11) is 0. The first-order valence-electron chi connectivity index (χ1n) is 21.9. The molecule has 0 spiro atoms. The molecule has 3 aromatic heterocycles. The highest BCUT2D eigenvalue weighted by molar-refractivity contribution is 6.14. The van der Waals surface area contributed by atoms with E-state index < -0.39 is 0 Å². The van der Waals surface area contributed by atoms with Crippen molar-refractivity contribution < 1.29 is 0 Å². The van der Waals surface area contributed by atoms with E-state index in [1.807, 2.05) is 36.4 Å². The van der Waals surface area contributed by atoms with E-state index in [9.17, 15) is 0 Å². The maximum Gasteiger partial charge on any atom is 0.164 e. The Morgan fingerprint density at radius 2 is 0.938 bits per heavy atom. The average Bonchev–Trinajstić information content (AvgIpc) is 3.86. The Balaban J connectivity index is 1.10. The number of fused-ring (bicyclic) bond motifs is 13. The van der Waals surface area contributed by atoms with E-state index in [1.54, 1.807) is 0 Å². The van der Waals surface area contributed by atoms with Crippen LogP contribution >= 0.6 is 0 Å². The lowest BCUT2D eigenvalue weighted by Gasteiger charge is -2.23. The molecular weight excluding hydrogens is 779 g/mol. The molecule has 0 unspecified atom stereocenters. The Labute approximate surface area is 370 Å². The van der Waals surface area contributed by atoms with Crippen LogP contribution in [0.25, 0.3) is 117 Å². The molecule has 5 nitrogen and oxygen atoms in total. The normalized spacial score (nSPS) is 13.0. The lowest BCUT2D eigenvalue weighted by Crippen LogP contribution is -2.16. The third kappa shape index (κ3) is 5.50. The standard InChI is InChI=1S/C59H39N5/c1-59(2)50-30-29-38(34-49(50)54-53(59)46-25-13-14-26-47(46)58-60-51-27-15-16-28-52(51)64(54)58)40-31-41(48-35-39-21-9-10-22-43(39)44-23-11-12-24-45(44)48)33-42(32-40)57-62-55(36-17-5-3-6-18-36)61-56(63-57)37-19-7-4-8-20-37/h3-35H,1-2H3. The van der Waals surface area contributed by atoms with Crippen molar-refractivity contribution in [2.75, 3.05) is 0 Å². The van der Waals surface area contributed by atoms with Gasteiger partial charge in [0.2, 0.25) is 0 Å². The molecule has 0 saturated carbocycles. The second-order valence-electron chi connectivity index (χ2n) is 17.4. The van der Waals surface area contributed by atoms with Gasteiger partial charge in [-0.15, -0.1) is 0 Å². The molecule has 1 aliphatic rings. The van der Waals surface area contributed by atoms with E-state index in [1.165, 1.54) is 54.7 Å². The van der Waals surface area contributed by atoms with Crippen LogP contribution in [0.4, 0.5) is 0 Å². The topological polar surface area (TPSA) is 56.0 Å². The van der Waals surface area contributed by atoms with Crippen molar-refractivity contribution in [1.82, 2.24) is 24.3 Å². The number of rotatable bonds is 5. The summed E-state index contributed by atoms with van der Waals surface area (Å²) in [5.74, 6) is 1.88. The average molecular weight is 818 g/mol. The van der Waals surface area contributed by atoms with Crippen LogP contribution in [0.5, 0.6) is 0 Å². The van der Waals surface area contributed by atoms with E-state index in [2.05, 4.69) is 182 Å². The molecule has 3 heterocycles. The van der Waals surface area contributed by atoms with Gasteiger partial charge in [0.1, 0.15) is 5.65 Å². The highest BCUT2D eigenvalue weighted by Gasteiger charge is 2.40. The molecule has 12 aromatic rings. The molecule has 1 aliphatic carbocycles. The van der Waals surface area contributed by atoms with Crippen molar-refractivity contribution in [2.24, 2.45) is 0 Å². The maximum atomic E-state index is 5.26. The van der Waals surface area contributed by atoms with Gasteiger partial charge in [0, 0.05) is 33.1 Å². The number of imidazole rings is 1. The molecule has 0 atom stereocenters. The molecule has 0 radical (unpaired) electrons. The van der Waals surface area contributed by atoms with Crippen molar-refractivity contribution in [3.8, 4) is 67.7 Å². The van der Waals surface area contributed by atoms with Gasteiger partial charge < -0.3 is 0 Å². The molecule has 0 N–H and O–H groups in total. The Morgan fingerprint density at radius 3 is 1.67 bits per heavy atom. The van der Waals surface area contributed by atoms with Crippen LogP contribution in [0.1, 0.15) is 25.0 Å². The molecular formula is C59H39N5. The molecule has 64 heavy (non-hydrogen) atoms. The number of hydrogen-bond acceptors (Lipinski definition) is 4. The highest BCUT2D eigenvalue weighted by atomic mass is 15.0. The zero-order valence-electron chi connectivity index (χ0n) is 35.3. The third-order valence-corrected chi connectivity index (χ3v) is 13.3. The number of aromatic nitrogens is 5. The molecule has 0 fully saturated rings. The Kier molecular flexibility index (Phi) is 7.88. The smallest absolute Gasteiger partial charge is 0.164 e. The number of benzene rings is 9. The third-order valence-electron chi connectivity index (χ3n) is 13.3. The predicted octanol–water partition coefficient (Wildman–Crippen LogP) is 14.8. The van der Waals surface area contributed by atoms with E-state index in [0.717, 1.165) is 55.6 Å². The van der Waals surface area contributed by atoms with Gasteiger partial charge in [-0.3, -0.25) is 4.40 Å². The Bertz CT molecular complexity index is 3810. The van der Waals surface area contributed by atoms with E-state index >= 15 is 0 Å². The summed E-state index contributed by atoms with van der Waals surface area (Å²) in [6.45, 7) is 4.74. The van der Waals surface area contributed by atoms with Crippen LogP contribution in [0, 0.1) is 0 Å². The molecule has 0 saturated heterocycles. The van der Waals surface area contributed by atoms with E-state index in [0.29, 0.717) is 17.5 Å². The van der Waals surface area contributed by atoms with Crippen molar-refractivity contribution in [1.29, 1.82) is 0 Å². The second kappa shape index (κ2) is 13.9. The van der Waals surface area contributed by atoms with Gasteiger partial charge in [0.15, 0.2) is 17.5 Å². The van der Waals surface area contributed by atoms with Crippen molar-refractivity contribution in [3.63, 3.8) is 0 Å². The van der Waals surface area contributed by atoms with Crippen LogP contribution < -0.4 is 0 Å². The van der Waals surface area contributed by atoms with Crippen LogP contribution in [-0.4, -0.2) is 24.3 Å². The first kappa shape index (κ1) is 36.4. The highest BCUT2D eigenvalue weighted by Crippen LogP contribution is 2.53. The summed E-state index contributed by atoms with van der Waals surface area (Å²) >= 11 is 0. The fourth-order valence-electron chi connectivity index (χ4n) is 10.4. The number of pyridine rings is 1. The second-order valence-corrected chi connectivity index (χ2v) is 17.4. The fraction of sp³-hybridized carbons (Fsp3) is 0.0508. The molecule has 0 amide bonds. The zero-order chi connectivity index (χ0) is 42.5. The SMILES string of the molecule is CC1(C)c2ccc(-c3cc(-c4nc(-c5ccccc5)nc(-c5ccccc5)n4)cc(-c4cc5ccccc5c5ccccc45)c3)cc2-c2c1c1ccccc1c1nc3ccccc3n21. The predicted molar refractivity (Wildman–Crippen MR) is 263 cm³/mol. The first-order valence-corrected chi connectivity index (χ1v) is 21.9. The van der Waals surface area contributed by atoms with Crippen LogP contribution in [-0.2, 0) is 5.41 Å². The van der Waals surface area contributed by atoms with Gasteiger partial charge in [0.25, 0.3) is 0 Å². The number of para-hydroxylation sites is 2. The monoisotopic (exact) mass is 817 g/mol. The van der Waals surface area contributed by atoms with Crippen LogP contribution in [0.15, 0.2) is 200 Å². The van der Waals surface area contributed by atoms with Gasteiger partial charge in [-0.2, -0.15) is 0 Å². The molecule has 13 rings (SSSR count). The van der Waals surface area contributed by atoms with Crippen LogP contribution in [0.3, 0.4) is 0 Å². The quantitative estimate of drug-likeness (QED) is 0.162. The van der Waals surface area contributed by atoms with Gasteiger partial charge >= 0.3 is 0 Å². The van der Waals surface area contributed by atoms with Gasteiger partial charge in [0.05, 0.1) is 16.7 Å². The largest absolute Gasteiger partial charge is 0.291 e. The minimum atomic E-state index is -0.258. The molecule has 0 aliphatic heterocycles. The molecule has 5 heteroatoms. The fourth-order valence-corrected chi connectivity index (χ4v) is 10.4. The summed E-state index contributed by atoms with van der Waals surface area (Å²) in [5, 5.41) is 7.26. The maximum absolute atomic E-state index is 5.26. The van der Waals surface area contributed by atoms with E-state index in [4.69, 9.17) is 19.9 Å². The first-order chi connectivity index (χ1) is 31.5. The molecule has 300 valence electrons. The van der Waals surface area contributed by atoms with Gasteiger partial charge in [-0.25, -0.2) is 19.9 Å². The van der Waals surface area contributed by atoms with Gasteiger partial charge in [-0.1, -0.05) is 172 Å². The van der Waals surface area contributed by atoms with Crippen molar-refractivity contribution in [3.05, 3.63) is 211 Å². The summed E-state index contributed by atoms with van der Waals surface area (Å²) in [6, 6.07) is 71.4. The van der Waals surface area contributed by atoms with Crippen molar-refractivity contribution >= 4 is 49.0 Å². The van der Waals surface area contributed by atoms with Crippen LogP contribution in [0.2, 0.25) is 0 Å². The number of hydrogen-bond donors (Lipinski definition) is 0. The molecule has 0 bridgehead atoms. The zero-order valence-corrected chi connectivity index (χ0v) is 35.3. The summed E-state index contributed by atoms with van der Waals surface area (Å²) in [4.78, 5) is 20.8. The summed E-state index contributed by atoms with van der Waals surface area (Å²) in [5.41, 5.74) is 15.1. The van der Waals surface area contributed by atoms with Crippen molar-refractivity contribution in [2.45, 2.75) is 19.3 Å². The van der Waals surface area contributed by atoms with E-state index in [-0.39, 0.29) is 5.41 Å². The minimum absolute atomic E-state index is 0.258. The minimum Gasteiger partial charge on any atom is -0.291 e.